The third-order valence-electron chi connectivity index (χ3n) is 2.91. The molecule has 2 fully saturated rings. The van der Waals surface area contributed by atoms with Gasteiger partial charge < -0.3 is 15.0 Å². The molecule has 1 N–H and O–H groups in total. The van der Waals surface area contributed by atoms with Crippen LogP contribution < -0.4 is 5.32 Å². The van der Waals surface area contributed by atoms with Gasteiger partial charge in [-0.15, -0.1) is 0 Å². The van der Waals surface area contributed by atoms with Gasteiger partial charge in [0.2, 0.25) is 5.91 Å². The second kappa shape index (κ2) is 4.28. The van der Waals surface area contributed by atoms with E-state index in [0.29, 0.717) is 6.61 Å². The molecule has 2 aliphatic heterocycles. The highest BCUT2D eigenvalue weighted by Gasteiger charge is 2.29. The smallest absolute Gasteiger partial charge is 0.239 e. The molecule has 4 nitrogen and oxygen atoms in total. The molecule has 0 aromatic heterocycles. The van der Waals surface area contributed by atoms with E-state index in [4.69, 9.17) is 4.74 Å². The van der Waals surface area contributed by atoms with Crippen molar-refractivity contribution in [1.29, 1.82) is 0 Å². The molecule has 2 heterocycles. The lowest BCUT2D eigenvalue weighted by molar-refractivity contribution is -0.140. The van der Waals surface area contributed by atoms with Gasteiger partial charge in [-0.25, -0.2) is 0 Å². The maximum atomic E-state index is 12.0. The van der Waals surface area contributed by atoms with E-state index < -0.39 is 0 Å². The Morgan fingerprint density at radius 3 is 3.07 bits per heavy atom. The van der Waals surface area contributed by atoms with Gasteiger partial charge in [-0.05, 0) is 26.3 Å². The Kier molecular flexibility index (Phi) is 3.03. The molecule has 0 aromatic rings. The molecule has 2 rings (SSSR count). The predicted octanol–water partition coefficient (Wildman–Crippen LogP) is -0.0143. The number of amides is 1. The zero-order chi connectivity index (χ0) is 9.97. The number of hydrogen-bond acceptors (Lipinski definition) is 3. The number of ether oxygens (including phenoxy) is 1. The average Bonchev–Trinajstić information content (AvgIpc) is 2.69. The van der Waals surface area contributed by atoms with Crippen molar-refractivity contribution in [1.82, 2.24) is 10.2 Å². The Balaban J connectivity index is 1.89. The number of nitrogens with one attached hydrogen (secondary N) is 1. The lowest BCUT2D eigenvalue weighted by Gasteiger charge is -2.32. The molecule has 14 heavy (non-hydrogen) atoms. The van der Waals surface area contributed by atoms with Crippen LogP contribution in [-0.4, -0.2) is 49.2 Å². The number of carbonyl (C=O) groups is 1. The van der Waals surface area contributed by atoms with Gasteiger partial charge in [0.15, 0.2) is 0 Å². The van der Waals surface area contributed by atoms with Crippen LogP contribution in [0.5, 0.6) is 0 Å². The van der Waals surface area contributed by atoms with Crippen molar-refractivity contribution in [3.8, 4) is 0 Å². The van der Waals surface area contributed by atoms with Crippen LogP contribution in [0.1, 0.15) is 19.8 Å². The minimum Gasteiger partial charge on any atom is -0.375 e. The molecule has 0 radical (unpaired) electrons. The van der Waals surface area contributed by atoms with Crippen molar-refractivity contribution in [3.63, 3.8) is 0 Å². The van der Waals surface area contributed by atoms with E-state index in [-0.39, 0.29) is 18.1 Å². The molecule has 0 bridgehead atoms. The van der Waals surface area contributed by atoms with E-state index in [2.05, 4.69) is 5.32 Å². The van der Waals surface area contributed by atoms with Gasteiger partial charge in [0.05, 0.1) is 18.8 Å². The van der Waals surface area contributed by atoms with Crippen LogP contribution >= 0.6 is 0 Å². The quantitative estimate of drug-likeness (QED) is 0.644. The summed E-state index contributed by atoms with van der Waals surface area (Å²) in [6, 6.07) is 0.0697. The molecular weight excluding hydrogens is 180 g/mol. The molecule has 2 saturated heterocycles. The molecule has 0 aliphatic carbocycles. The molecule has 80 valence electrons. The van der Waals surface area contributed by atoms with Crippen LogP contribution in [-0.2, 0) is 9.53 Å². The summed E-state index contributed by atoms with van der Waals surface area (Å²) in [7, 11) is 0. The molecule has 2 aliphatic rings. The fourth-order valence-electron chi connectivity index (χ4n) is 2.13. The van der Waals surface area contributed by atoms with E-state index in [0.717, 1.165) is 32.5 Å². The zero-order valence-corrected chi connectivity index (χ0v) is 8.66. The molecule has 1 unspecified atom stereocenters. The lowest BCUT2D eigenvalue weighted by atomic mass is 10.2. The van der Waals surface area contributed by atoms with Crippen molar-refractivity contribution in [2.45, 2.75) is 31.9 Å². The molecule has 2 atom stereocenters. The van der Waals surface area contributed by atoms with Crippen molar-refractivity contribution >= 4 is 5.91 Å². The Morgan fingerprint density at radius 2 is 2.43 bits per heavy atom. The Labute approximate surface area is 84.6 Å². The first-order valence-corrected chi connectivity index (χ1v) is 5.41. The Bertz CT molecular complexity index is 214. The standard InChI is InChI=1S/C10H18N2O2/c1-8-7-12(5-6-14-8)10(13)9-3-2-4-11-9/h8-9,11H,2-7H2,1H3/t8?,9-/m0/s1. The molecule has 1 amide bonds. The Hall–Kier alpha value is -0.610. The second-order valence-electron chi connectivity index (χ2n) is 4.11. The van der Waals surface area contributed by atoms with Gasteiger partial charge in [-0.3, -0.25) is 4.79 Å². The number of morpholine rings is 1. The van der Waals surface area contributed by atoms with Crippen molar-refractivity contribution in [2.24, 2.45) is 0 Å². The average molecular weight is 198 g/mol. The van der Waals surface area contributed by atoms with Crippen LogP contribution in [0.15, 0.2) is 0 Å². The maximum Gasteiger partial charge on any atom is 0.239 e. The monoisotopic (exact) mass is 198 g/mol. The zero-order valence-electron chi connectivity index (χ0n) is 8.66. The minimum atomic E-state index is 0.0697. The highest BCUT2D eigenvalue weighted by molar-refractivity contribution is 5.82. The molecule has 0 aromatic carbocycles. The fourth-order valence-corrected chi connectivity index (χ4v) is 2.13. The maximum absolute atomic E-state index is 12.0. The summed E-state index contributed by atoms with van der Waals surface area (Å²) in [6.45, 7) is 5.18. The lowest BCUT2D eigenvalue weighted by Crippen LogP contribution is -2.50. The molecule has 0 spiro atoms. The van der Waals surface area contributed by atoms with Crippen LogP contribution in [0, 0.1) is 0 Å². The van der Waals surface area contributed by atoms with E-state index in [1.54, 1.807) is 0 Å². The highest BCUT2D eigenvalue weighted by Crippen LogP contribution is 2.11. The summed E-state index contributed by atoms with van der Waals surface area (Å²) in [5.41, 5.74) is 0. The van der Waals surface area contributed by atoms with E-state index in [1.807, 2.05) is 11.8 Å². The second-order valence-corrected chi connectivity index (χ2v) is 4.11. The summed E-state index contributed by atoms with van der Waals surface area (Å²) < 4.78 is 5.41. The molecule has 4 heteroatoms. The van der Waals surface area contributed by atoms with Crippen molar-refractivity contribution in [2.75, 3.05) is 26.2 Å². The third-order valence-corrected chi connectivity index (χ3v) is 2.91. The number of rotatable bonds is 1. The van der Waals surface area contributed by atoms with E-state index in [9.17, 15) is 4.79 Å². The summed E-state index contributed by atoms with van der Waals surface area (Å²) in [5, 5.41) is 3.24. The van der Waals surface area contributed by atoms with Crippen molar-refractivity contribution < 1.29 is 9.53 Å². The van der Waals surface area contributed by atoms with Gasteiger partial charge in [0.25, 0.3) is 0 Å². The summed E-state index contributed by atoms with van der Waals surface area (Å²) in [6.07, 6.45) is 2.30. The normalized spacial score (nSPS) is 33.4. The largest absolute Gasteiger partial charge is 0.375 e. The van der Waals surface area contributed by atoms with Gasteiger partial charge in [0.1, 0.15) is 0 Å². The van der Waals surface area contributed by atoms with Crippen LogP contribution in [0.25, 0.3) is 0 Å². The number of hydrogen-bond donors (Lipinski definition) is 1. The molecule has 0 saturated carbocycles. The minimum absolute atomic E-state index is 0.0697. The summed E-state index contributed by atoms with van der Waals surface area (Å²) in [5.74, 6) is 0.262. The highest BCUT2D eigenvalue weighted by atomic mass is 16.5. The topological polar surface area (TPSA) is 41.6 Å². The fraction of sp³-hybridized carbons (Fsp3) is 0.900. The van der Waals surface area contributed by atoms with Gasteiger partial charge >= 0.3 is 0 Å². The van der Waals surface area contributed by atoms with Gasteiger partial charge in [0, 0.05) is 13.1 Å². The number of nitrogens with zero attached hydrogens (tertiary/aromatic N) is 1. The first-order valence-electron chi connectivity index (χ1n) is 5.41. The number of carbonyl (C=O) groups excluding carboxylic acids is 1. The SMILES string of the molecule is CC1CN(C(=O)[C@@H]2CCCN2)CCO1. The summed E-state index contributed by atoms with van der Waals surface area (Å²) in [4.78, 5) is 13.9. The van der Waals surface area contributed by atoms with Crippen molar-refractivity contribution in [3.05, 3.63) is 0 Å². The summed E-state index contributed by atoms with van der Waals surface area (Å²) >= 11 is 0. The first-order chi connectivity index (χ1) is 6.77. The van der Waals surface area contributed by atoms with Gasteiger partial charge in [-0.1, -0.05) is 0 Å². The van der Waals surface area contributed by atoms with Crippen LogP contribution in [0.2, 0.25) is 0 Å². The van der Waals surface area contributed by atoms with Crippen LogP contribution in [0.4, 0.5) is 0 Å². The van der Waals surface area contributed by atoms with E-state index >= 15 is 0 Å². The first kappa shape index (κ1) is 9.93. The Morgan fingerprint density at radius 1 is 1.57 bits per heavy atom. The van der Waals surface area contributed by atoms with E-state index in [1.165, 1.54) is 0 Å². The predicted molar refractivity (Wildman–Crippen MR) is 53.0 cm³/mol. The third kappa shape index (κ3) is 2.07. The molecular formula is C10H18N2O2. The van der Waals surface area contributed by atoms with Crippen LogP contribution in [0.3, 0.4) is 0 Å². The van der Waals surface area contributed by atoms with Gasteiger partial charge in [-0.2, -0.15) is 0 Å².